The Bertz CT molecular complexity index is 1270. The van der Waals surface area contributed by atoms with Crippen molar-refractivity contribution in [1.82, 2.24) is 0 Å². The zero-order valence-corrected chi connectivity index (χ0v) is 24.9. The largest absolute Gasteiger partial charge is 0.493 e. The summed E-state index contributed by atoms with van der Waals surface area (Å²) in [5.41, 5.74) is 0.682. The van der Waals surface area contributed by atoms with E-state index < -0.39 is 39.5 Å². The fraction of sp³-hybridized carbons (Fsp3) is 0.781. The van der Waals surface area contributed by atoms with Gasteiger partial charge in [0, 0.05) is 28.7 Å². The number of quaternary nitrogens is 1. The maximum absolute atomic E-state index is 13.9. The molecule has 1 aromatic rings. The van der Waals surface area contributed by atoms with Gasteiger partial charge in [-0.1, -0.05) is 13.8 Å². The molecule has 2 heterocycles. The number of ether oxygens (including phenoxy) is 2. The molecule has 3 aliphatic carbocycles. The molecule has 2 bridgehead atoms. The van der Waals surface area contributed by atoms with Crippen molar-refractivity contribution in [3.8, 4) is 11.5 Å². The highest BCUT2D eigenvalue weighted by Crippen LogP contribution is 2.78. The van der Waals surface area contributed by atoms with Crippen molar-refractivity contribution in [2.24, 2.45) is 11.3 Å². The molecule has 1 unspecified atom stereocenters. The van der Waals surface area contributed by atoms with Crippen LogP contribution in [0.2, 0.25) is 0 Å². The van der Waals surface area contributed by atoms with Crippen LogP contribution >= 0.6 is 0 Å². The minimum Gasteiger partial charge on any atom is -0.493 e. The van der Waals surface area contributed by atoms with E-state index in [1.54, 1.807) is 7.11 Å². The lowest BCUT2D eigenvalue weighted by molar-refractivity contribution is -1.04. The molecular weight excluding hydrogens is 462 g/mol. The molecule has 5 aliphatic rings. The zero-order valence-electron chi connectivity index (χ0n) is 25.9. The Morgan fingerprint density at radius 3 is 2.27 bits per heavy atom. The molecule has 5 heteroatoms. The molecule has 3 fully saturated rings. The summed E-state index contributed by atoms with van der Waals surface area (Å²) in [6.07, 6.45) is 2.29. The highest BCUT2D eigenvalue weighted by Gasteiger charge is 2.89. The molecule has 0 radical (unpaired) electrons. The van der Waals surface area contributed by atoms with Gasteiger partial charge in [-0.2, -0.15) is 0 Å². The third kappa shape index (κ3) is 2.34. The number of piperidine rings is 1. The summed E-state index contributed by atoms with van der Waals surface area (Å²) in [6.45, 7) is 23.0. The molecule has 5 atom stereocenters. The zero-order chi connectivity index (χ0) is 28.2. The van der Waals surface area contributed by atoms with Gasteiger partial charge in [0.05, 0.1) is 26.5 Å². The third-order valence-corrected chi connectivity index (χ3v) is 12.7. The fourth-order valence-electron chi connectivity index (χ4n) is 10.7. The second-order valence-corrected chi connectivity index (χ2v) is 14.8. The SMILES string of the molecule is [2H]C(C)(C)[N+]1(CC2CC2)[C@@H]2C(C)(C)c3c(C)c(C)c(OC)c4c3[C@]3([C@@H](O4)C(=O)CC[C@]23O)C(C)(C)C1(C)C. The molecule has 1 saturated heterocycles. The smallest absolute Gasteiger partial charge is 0.174 e. The number of methoxy groups -OCH3 is 1. The Kier molecular flexibility index (Phi) is 4.58. The van der Waals surface area contributed by atoms with Crippen LogP contribution in [-0.4, -0.2) is 58.3 Å². The first kappa shape index (κ1) is 24.5. The van der Waals surface area contributed by atoms with Gasteiger partial charge in [-0.25, -0.2) is 0 Å². The van der Waals surface area contributed by atoms with Crippen LogP contribution in [0.4, 0.5) is 0 Å². The van der Waals surface area contributed by atoms with E-state index in [4.69, 9.17) is 9.47 Å². The van der Waals surface area contributed by atoms with Crippen molar-refractivity contribution in [2.45, 2.75) is 135 Å². The van der Waals surface area contributed by atoms with Crippen LogP contribution in [0.25, 0.3) is 0 Å². The number of carbonyl (C=O) groups is 1. The van der Waals surface area contributed by atoms with Gasteiger partial charge >= 0.3 is 0 Å². The fourth-order valence-corrected chi connectivity index (χ4v) is 10.7. The first-order chi connectivity index (χ1) is 17.3. The van der Waals surface area contributed by atoms with E-state index >= 15 is 0 Å². The summed E-state index contributed by atoms with van der Waals surface area (Å²) in [5.74, 6) is 1.98. The van der Waals surface area contributed by atoms with Gasteiger partial charge in [0.1, 0.15) is 17.2 Å². The summed E-state index contributed by atoms with van der Waals surface area (Å²) >= 11 is 0. The Labute approximate surface area is 224 Å². The second-order valence-electron chi connectivity index (χ2n) is 14.8. The van der Waals surface area contributed by atoms with E-state index in [0.29, 0.717) is 28.3 Å². The molecule has 0 amide bonds. The summed E-state index contributed by atoms with van der Waals surface area (Å²) in [6, 6.07) is -1.16. The lowest BCUT2D eigenvalue weighted by Crippen LogP contribution is -2.95. The number of benzene rings is 1. The van der Waals surface area contributed by atoms with Crippen LogP contribution in [0.1, 0.15) is 105 Å². The summed E-state index contributed by atoms with van der Waals surface area (Å²) in [5, 5.41) is 13.6. The molecule has 1 aromatic carbocycles. The number of likely N-dealkylation sites (tertiary alicyclic amines) is 1. The minimum atomic E-state index is -1.23. The van der Waals surface area contributed by atoms with Crippen molar-refractivity contribution in [2.75, 3.05) is 13.7 Å². The lowest BCUT2D eigenvalue weighted by atomic mass is 9.33. The van der Waals surface area contributed by atoms with E-state index in [-0.39, 0.29) is 18.2 Å². The van der Waals surface area contributed by atoms with Crippen molar-refractivity contribution < 1.29 is 25.2 Å². The molecule has 2 aliphatic heterocycles. The van der Waals surface area contributed by atoms with Crippen molar-refractivity contribution in [1.29, 1.82) is 0 Å². The molecule has 0 aromatic heterocycles. The van der Waals surface area contributed by atoms with Crippen molar-refractivity contribution >= 4 is 5.78 Å². The van der Waals surface area contributed by atoms with Crippen LogP contribution in [0.15, 0.2) is 0 Å². The van der Waals surface area contributed by atoms with Gasteiger partial charge < -0.3 is 19.1 Å². The quantitative estimate of drug-likeness (QED) is 0.541. The van der Waals surface area contributed by atoms with Gasteiger partial charge in [0.2, 0.25) is 0 Å². The highest BCUT2D eigenvalue weighted by molar-refractivity contribution is 5.91. The number of Topliss-reactive ketones (excluding diaryl/α,β-unsaturated/α-hetero) is 1. The molecule has 1 spiro atoms. The van der Waals surface area contributed by atoms with Crippen LogP contribution in [0.3, 0.4) is 0 Å². The molecular formula is C32H48NO4+. The van der Waals surface area contributed by atoms with Crippen LogP contribution in [0, 0.1) is 25.2 Å². The minimum absolute atomic E-state index is 0.0730. The predicted molar refractivity (Wildman–Crippen MR) is 145 cm³/mol. The average molecular weight is 512 g/mol. The molecule has 6 rings (SSSR count). The number of aliphatic hydroxyl groups is 1. The summed E-state index contributed by atoms with van der Waals surface area (Å²) in [7, 11) is 1.68. The maximum atomic E-state index is 13.9. The molecule has 204 valence electrons. The predicted octanol–water partition coefficient (Wildman–Crippen LogP) is 5.52. The summed E-state index contributed by atoms with van der Waals surface area (Å²) < 4.78 is 23.2. The van der Waals surface area contributed by atoms with Crippen molar-refractivity contribution in [3.05, 3.63) is 22.3 Å². The average Bonchev–Trinajstić information content (AvgIpc) is 3.52. The van der Waals surface area contributed by atoms with E-state index in [0.717, 1.165) is 23.2 Å². The van der Waals surface area contributed by atoms with E-state index in [1.807, 2.05) is 0 Å². The molecule has 5 nitrogen and oxygen atoms in total. The van der Waals surface area contributed by atoms with E-state index in [1.165, 1.54) is 18.4 Å². The van der Waals surface area contributed by atoms with Gasteiger partial charge in [-0.05, 0) is 91.3 Å². The van der Waals surface area contributed by atoms with Gasteiger partial charge in [0.25, 0.3) is 0 Å². The second kappa shape index (κ2) is 6.94. The van der Waals surface area contributed by atoms with Crippen LogP contribution in [-0.2, 0) is 15.6 Å². The maximum Gasteiger partial charge on any atom is 0.174 e. The summed E-state index contributed by atoms with van der Waals surface area (Å²) in [4.78, 5) is 13.9. The highest BCUT2D eigenvalue weighted by atomic mass is 16.5. The van der Waals surface area contributed by atoms with E-state index in [9.17, 15) is 11.3 Å². The molecule has 2 saturated carbocycles. The first-order valence-electron chi connectivity index (χ1n) is 14.8. The first-order valence-corrected chi connectivity index (χ1v) is 14.3. The standard InChI is InChI=1S/C32H48NO4/c1-17(2)33(16-20-12-13-20)27-28(5,6)22-18(3)19(4)24(36-11)25-23(22)32(29(7,8)30(33,9)10)26(37-25)21(34)14-15-31(27,32)35/h17,20,26-27,35H,12-16H2,1-11H3/q+1/t26-,27+,31-,32-,33?/m0/s1/i17D. The third-order valence-electron chi connectivity index (χ3n) is 12.7. The van der Waals surface area contributed by atoms with E-state index in [2.05, 4.69) is 69.2 Å². The Morgan fingerprint density at radius 1 is 1.11 bits per heavy atom. The number of nitrogens with zero attached hydrogens (tertiary/aromatic N) is 1. The topological polar surface area (TPSA) is 55.8 Å². The Balaban J connectivity index is 1.88. The van der Waals surface area contributed by atoms with Gasteiger partial charge in [0.15, 0.2) is 23.4 Å². The number of ketones is 1. The van der Waals surface area contributed by atoms with Gasteiger partial charge in [-0.15, -0.1) is 0 Å². The van der Waals surface area contributed by atoms with Crippen LogP contribution in [0.5, 0.6) is 11.5 Å². The molecule has 1 N–H and O–H groups in total. The van der Waals surface area contributed by atoms with Gasteiger partial charge in [-0.3, -0.25) is 4.79 Å². The number of hydrogen-bond acceptors (Lipinski definition) is 4. The Hall–Kier alpha value is -1.59. The lowest BCUT2D eigenvalue weighted by Gasteiger charge is -2.80. The Morgan fingerprint density at radius 2 is 1.73 bits per heavy atom. The number of hydrogen-bond donors (Lipinski definition) is 1. The number of carbonyl (C=O) groups excluding carboxylic acids is 1. The van der Waals surface area contributed by atoms with Crippen LogP contribution < -0.4 is 9.47 Å². The normalized spacial score (nSPS) is 40.5. The molecule has 37 heavy (non-hydrogen) atoms. The number of rotatable bonds is 4. The van der Waals surface area contributed by atoms with Crippen molar-refractivity contribution in [3.63, 3.8) is 0 Å². The monoisotopic (exact) mass is 511 g/mol.